The maximum atomic E-state index is 11.8. The summed E-state index contributed by atoms with van der Waals surface area (Å²) in [5.74, 6) is -0.196. The number of carbonyl (C=O) groups excluding carboxylic acids is 2. The lowest BCUT2D eigenvalue weighted by Crippen LogP contribution is -2.40. The monoisotopic (exact) mass is 328 g/mol. The van der Waals surface area contributed by atoms with Gasteiger partial charge in [-0.3, -0.25) is 10.1 Å². The van der Waals surface area contributed by atoms with Crippen LogP contribution in [0.3, 0.4) is 0 Å². The van der Waals surface area contributed by atoms with Gasteiger partial charge in [0.25, 0.3) is 0 Å². The summed E-state index contributed by atoms with van der Waals surface area (Å²) >= 11 is 1.31. The highest BCUT2D eigenvalue weighted by Gasteiger charge is 2.14. The first kappa shape index (κ1) is 18.5. The molecule has 1 aromatic heterocycles. The topological polar surface area (TPSA) is 85.3 Å². The van der Waals surface area contributed by atoms with Crippen LogP contribution in [0.2, 0.25) is 0 Å². The van der Waals surface area contributed by atoms with Crippen LogP contribution in [0.4, 0.5) is 4.79 Å². The molecule has 0 aromatic carbocycles. The number of imidazole rings is 1. The van der Waals surface area contributed by atoms with Crippen LogP contribution >= 0.6 is 11.8 Å². The molecule has 0 saturated heterocycles. The summed E-state index contributed by atoms with van der Waals surface area (Å²) < 4.78 is 7.11. The zero-order chi connectivity index (χ0) is 16.5. The maximum Gasteiger partial charge on any atom is 0.321 e. The van der Waals surface area contributed by atoms with Crippen molar-refractivity contribution in [2.45, 2.75) is 38.9 Å². The fraction of sp³-hybridized carbons (Fsp3) is 0.643. The zero-order valence-corrected chi connectivity index (χ0v) is 14.4. The van der Waals surface area contributed by atoms with Crippen LogP contribution in [-0.4, -0.2) is 47.5 Å². The van der Waals surface area contributed by atoms with Crippen LogP contribution < -0.4 is 10.6 Å². The van der Waals surface area contributed by atoms with E-state index in [1.54, 1.807) is 7.11 Å². The molecule has 0 atom stereocenters. The summed E-state index contributed by atoms with van der Waals surface area (Å²) in [4.78, 5) is 27.6. The Balaban J connectivity index is 2.55. The van der Waals surface area contributed by atoms with Crippen LogP contribution in [0, 0.1) is 13.8 Å². The van der Waals surface area contributed by atoms with E-state index in [-0.39, 0.29) is 11.7 Å². The lowest BCUT2D eigenvalue weighted by molar-refractivity contribution is -0.117. The van der Waals surface area contributed by atoms with Gasteiger partial charge in [0.15, 0.2) is 5.16 Å². The lowest BCUT2D eigenvalue weighted by Gasteiger charge is -2.09. The van der Waals surface area contributed by atoms with Crippen LogP contribution in [0.25, 0.3) is 0 Å². The summed E-state index contributed by atoms with van der Waals surface area (Å²) in [6.07, 6.45) is 0.825. The Morgan fingerprint density at radius 1 is 1.36 bits per heavy atom. The molecule has 0 bridgehead atoms. The van der Waals surface area contributed by atoms with Crippen molar-refractivity contribution in [1.82, 2.24) is 20.2 Å². The van der Waals surface area contributed by atoms with Gasteiger partial charge in [0.1, 0.15) is 0 Å². The lowest BCUT2D eigenvalue weighted by atomic mass is 10.4. The molecule has 0 aliphatic carbocycles. The molecule has 0 saturated carbocycles. The SMILES string of the molecule is CCCNC(=O)NC(=O)CSc1nc(C)c(C)n1CCOC. The Morgan fingerprint density at radius 3 is 2.73 bits per heavy atom. The van der Waals surface area contributed by atoms with Crippen molar-refractivity contribution in [1.29, 1.82) is 0 Å². The van der Waals surface area contributed by atoms with Crippen molar-refractivity contribution in [2.24, 2.45) is 0 Å². The normalized spacial score (nSPS) is 10.5. The first-order valence-corrected chi connectivity index (χ1v) is 8.21. The molecular formula is C14H24N4O3S. The molecule has 3 amide bonds. The van der Waals surface area contributed by atoms with E-state index in [4.69, 9.17) is 4.74 Å². The van der Waals surface area contributed by atoms with Crippen LogP contribution in [0.15, 0.2) is 5.16 Å². The van der Waals surface area contributed by atoms with Crippen molar-refractivity contribution < 1.29 is 14.3 Å². The number of imide groups is 1. The third kappa shape index (κ3) is 5.69. The molecule has 0 radical (unpaired) electrons. The molecule has 0 aliphatic heterocycles. The van der Waals surface area contributed by atoms with E-state index in [0.29, 0.717) is 19.7 Å². The van der Waals surface area contributed by atoms with Gasteiger partial charge in [0.05, 0.1) is 18.1 Å². The van der Waals surface area contributed by atoms with Gasteiger partial charge < -0.3 is 14.6 Å². The average molecular weight is 328 g/mol. The molecule has 1 rings (SSSR count). The smallest absolute Gasteiger partial charge is 0.321 e. The second kappa shape index (κ2) is 9.47. The van der Waals surface area contributed by atoms with Crippen molar-refractivity contribution in [3.63, 3.8) is 0 Å². The minimum absolute atomic E-state index is 0.141. The predicted molar refractivity (Wildman–Crippen MR) is 86.1 cm³/mol. The predicted octanol–water partition coefficient (Wildman–Crippen LogP) is 1.47. The standard InChI is InChI=1S/C14H24N4O3S/c1-5-6-15-13(20)17-12(19)9-22-14-16-10(2)11(3)18(14)7-8-21-4/h5-9H2,1-4H3,(H2,15,17,19,20). The van der Waals surface area contributed by atoms with Gasteiger partial charge in [0.2, 0.25) is 5.91 Å². The molecule has 2 N–H and O–H groups in total. The zero-order valence-electron chi connectivity index (χ0n) is 13.6. The van der Waals surface area contributed by atoms with E-state index >= 15 is 0 Å². The minimum atomic E-state index is -0.456. The van der Waals surface area contributed by atoms with Gasteiger partial charge in [-0.2, -0.15) is 0 Å². The summed E-state index contributed by atoms with van der Waals surface area (Å²) in [6, 6.07) is -0.456. The van der Waals surface area contributed by atoms with Gasteiger partial charge in [-0.1, -0.05) is 18.7 Å². The Bertz CT molecular complexity index is 516. The highest BCUT2D eigenvalue weighted by Crippen LogP contribution is 2.20. The molecule has 8 heteroatoms. The number of hydrogen-bond acceptors (Lipinski definition) is 5. The van der Waals surface area contributed by atoms with Crippen molar-refractivity contribution in [3.8, 4) is 0 Å². The third-order valence-corrected chi connectivity index (χ3v) is 4.04. The van der Waals surface area contributed by atoms with Gasteiger partial charge >= 0.3 is 6.03 Å². The Hall–Kier alpha value is -1.54. The number of aromatic nitrogens is 2. The Labute approximate surface area is 135 Å². The van der Waals surface area contributed by atoms with Crippen LogP contribution in [0.1, 0.15) is 24.7 Å². The van der Waals surface area contributed by atoms with Crippen molar-refractivity contribution >= 4 is 23.7 Å². The maximum absolute atomic E-state index is 11.8. The first-order valence-electron chi connectivity index (χ1n) is 7.22. The number of ether oxygens (including phenoxy) is 1. The number of nitrogens with one attached hydrogen (secondary N) is 2. The molecular weight excluding hydrogens is 304 g/mol. The fourth-order valence-electron chi connectivity index (χ4n) is 1.76. The van der Waals surface area contributed by atoms with Crippen LogP contribution in [0.5, 0.6) is 0 Å². The molecule has 0 fully saturated rings. The second-order valence-corrected chi connectivity index (χ2v) is 5.74. The van der Waals surface area contributed by atoms with Gasteiger partial charge in [-0.05, 0) is 20.3 Å². The van der Waals surface area contributed by atoms with Gasteiger partial charge in [-0.25, -0.2) is 9.78 Å². The summed E-state index contributed by atoms with van der Waals surface area (Å²) in [5.41, 5.74) is 1.99. The average Bonchev–Trinajstić information content (AvgIpc) is 2.75. The number of amides is 3. The molecule has 0 unspecified atom stereocenters. The Kier molecular flexibility index (Phi) is 7.97. The van der Waals surface area contributed by atoms with E-state index in [0.717, 1.165) is 23.0 Å². The minimum Gasteiger partial charge on any atom is -0.383 e. The Morgan fingerprint density at radius 2 is 2.09 bits per heavy atom. The van der Waals surface area contributed by atoms with E-state index in [1.165, 1.54) is 11.8 Å². The molecule has 124 valence electrons. The van der Waals surface area contributed by atoms with Gasteiger partial charge in [-0.15, -0.1) is 0 Å². The number of thioether (sulfide) groups is 1. The molecule has 0 aliphatic rings. The van der Waals surface area contributed by atoms with E-state index in [9.17, 15) is 9.59 Å². The van der Waals surface area contributed by atoms with Crippen molar-refractivity contribution in [2.75, 3.05) is 26.0 Å². The fourth-order valence-corrected chi connectivity index (χ4v) is 2.67. The van der Waals surface area contributed by atoms with Gasteiger partial charge in [0, 0.05) is 25.9 Å². The van der Waals surface area contributed by atoms with E-state index < -0.39 is 6.03 Å². The van der Waals surface area contributed by atoms with E-state index in [1.807, 2.05) is 25.3 Å². The number of methoxy groups -OCH3 is 1. The van der Waals surface area contributed by atoms with Crippen LogP contribution in [-0.2, 0) is 16.1 Å². The number of aryl methyl sites for hydroxylation is 1. The number of urea groups is 1. The highest BCUT2D eigenvalue weighted by atomic mass is 32.2. The number of carbonyl (C=O) groups is 2. The third-order valence-electron chi connectivity index (χ3n) is 3.06. The number of hydrogen-bond donors (Lipinski definition) is 2. The summed E-state index contributed by atoms with van der Waals surface area (Å²) in [6.45, 7) is 7.68. The largest absolute Gasteiger partial charge is 0.383 e. The molecule has 7 nitrogen and oxygen atoms in total. The van der Waals surface area contributed by atoms with E-state index in [2.05, 4.69) is 15.6 Å². The molecule has 0 spiro atoms. The number of nitrogens with zero attached hydrogens (tertiary/aromatic N) is 2. The molecule has 1 aromatic rings. The second-order valence-electron chi connectivity index (χ2n) is 4.80. The molecule has 22 heavy (non-hydrogen) atoms. The summed E-state index contributed by atoms with van der Waals surface area (Å²) in [7, 11) is 1.65. The first-order chi connectivity index (χ1) is 10.5. The number of rotatable bonds is 8. The molecule has 1 heterocycles. The highest BCUT2D eigenvalue weighted by molar-refractivity contribution is 7.99. The van der Waals surface area contributed by atoms with Crippen molar-refractivity contribution in [3.05, 3.63) is 11.4 Å². The summed E-state index contributed by atoms with van der Waals surface area (Å²) in [5, 5.41) is 5.65. The quantitative estimate of drug-likeness (QED) is 0.706.